The molecule has 0 amide bonds. The molecule has 2 heterocycles. The molecule has 5 rings (SSSR count). The van der Waals surface area contributed by atoms with Crippen molar-refractivity contribution in [1.82, 2.24) is 20.2 Å². The molecule has 1 aromatic heterocycles. The number of para-hydroxylation sites is 1. The average Bonchev–Trinajstić information content (AvgIpc) is 2.99. The Morgan fingerprint density at radius 2 is 1.68 bits per heavy atom. The summed E-state index contributed by atoms with van der Waals surface area (Å²) < 4.78 is 10.9. The number of morpholine rings is 1. The second kappa shape index (κ2) is 15.1. The number of nitrogens with two attached hydrogens (primary N) is 1. The fraction of sp³-hybridized carbons (Fsp3) is 0.400. The molecule has 10 heteroatoms. The molecule has 212 valence electrons. The van der Waals surface area contributed by atoms with Crippen molar-refractivity contribution in [2.24, 2.45) is 0 Å². The maximum atomic E-state index is 9.99. The molecule has 3 aromatic rings. The summed E-state index contributed by atoms with van der Waals surface area (Å²) in [4.78, 5) is 20.6. The van der Waals surface area contributed by atoms with Gasteiger partial charge in [-0.25, -0.2) is 9.97 Å². The highest BCUT2D eigenvalue weighted by atomic mass is 16.5. The topological polar surface area (TPSA) is 138 Å². The zero-order valence-electron chi connectivity index (χ0n) is 23.0. The quantitative estimate of drug-likeness (QED) is 0.234. The van der Waals surface area contributed by atoms with Gasteiger partial charge in [0.05, 0.1) is 31.0 Å². The van der Waals surface area contributed by atoms with Gasteiger partial charge in [0.25, 0.3) is 0 Å². The number of aromatic nitrogens is 2. The molecule has 2 aliphatic rings. The number of ether oxygens (including phenoxy) is 2. The van der Waals surface area contributed by atoms with E-state index in [1.54, 1.807) is 0 Å². The van der Waals surface area contributed by atoms with Gasteiger partial charge in [-0.15, -0.1) is 0 Å². The third-order valence-electron chi connectivity index (χ3n) is 7.16. The van der Waals surface area contributed by atoms with Crippen molar-refractivity contribution in [3.05, 3.63) is 72.1 Å². The lowest BCUT2D eigenvalue weighted by Crippen LogP contribution is -2.37. The van der Waals surface area contributed by atoms with Gasteiger partial charge in [0.1, 0.15) is 35.7 Å². The van der Waals surface area contributed by atoms with Gasteiger partial charge in [-0.3, -0.25) is 10.3 Å². The molecule has 1 saturated carbocycles. The lowest BCUT2D eigenvalue weighted by atomic mass is 9.91. The van der Waals surface area contributed by atoms with Crippen molar-refractivity contribution in [2.45, 2.75) is 37.8 Å². The number of carbonyl (C=O) groups excluding carboxylic acids is 1. The smallest absolute Gasteiger partial charge is 0.141 e. The van der Waals surface area contributed by atoms with Crippen molar-refractivity contribution < 1.29 is 14.3 Å². The van der Waals surface area contributed by atoms with Crippen LogP contribution in [0.5, 0.6) is 11.5 Å². The van der Waals surface area contributed by atoms with E-state index in [1.165, 1.54) is 6.33 Å². The third-order valence-corrected chi connectivity index (χ3v) is 7.16. The fourth-order valence-corrected chi connectivity index (χ4v) is 4.82. The predicted molar refractivity (Wildman–Crippen MR) is 157 cm³/mol. The van der Waals surface area contributed by atoms with Gasteiger partial charge >= 0.3 is 0 Å². The van der Waals surface area contributed by atoms with Gasteiger partial charge < -0.3 is 30.6 Å². The van der Waals surface area contributed by atoms with Crippen LogP contribution in [0.4, 0.5) is 11.6 Å². The molecule has 2 fully saturated rings. The molecular formula is C30H39N7O3. The Balaban J connectivity index is 0.000000350. The average molecular weight is 546 g/mol. The van der Waals surface area contributed by atoms with Gasteiger partial charge in [-0.2, -0.15) is 0 Å². The van der Waals surface area contributed by atoms with Crippen LogP contribution in [-0.4, -0.2) is 78.8 Å². The Kier molecular flexibility index (Phi) is 11.0. The third kappa shape index (κ3) is 8.32. The highest BCUT2D eigenvalue weighted by Gasteiger charge is 2.23. The number of hydrogen-bond donors (Lipinski definition) is 4. The summed E-state index contributed by atoms with van der Waals surface area (Å²) in [7, 11) is 2.01. The predicted octanol–water partition coefficient (Wildman–Crippen LogP) is 3.73. The summed E-state index contributed by atoms with van der Waals surface area (Å²) in [5.41, 5.74) is 7.72. The van der Waals surface area contributed by atoms with E-state index in [4.69, 9.17) is 20.6 Å². The monoisotopic (exact) mass is 545 g/mol. The van der Waals surface area contributed by atoms with E-state index in [2.05, 4.69) is 25.5 Å². The Hall–Kier alpha value is -3.86. The van der Waals surface area contributed by atoms with Gasteiger partial charge in [-0.1, -0.05) is 18.2 Å². The van der Waals surface area contributed by atoms with E-state index in [0.29, 0.717) is 41.6 Å². The molecule has 0 radical (unpaired) electrons. The van der Waals surface area contributed by atoms with Crippen molar-refractivity contribution in [3.63, 3.8) is 0 Å². The molecule has 1 aliphatic heterocycles. The highest BCUT2D eigenvalue weighted by Crippen LogP contribution is 2.28. The van der Waals surface area contributed by atoms with E-state index >= 15 is 0 Å². The summed E-state index contributed by atoms with van der Waals surface area (Å²) in [5, 5.41) is 15.6. The Morgan fingerprint density at radius 1 is 1.02 bits per heavy atom. The molecule has 1 aliphatic carbocycles. The number of carbonyl (C=O) groups is 1. The number of nitrogens with zero attached hydrogens (tertiary/aromatic N) is 3. The molecule has 0 spiro atoms. The van der Waals surface area contributed by atoms with Crippen molar-refractivity contribution in [1.29, 1.82) is 5.41 Å². The molecule has 0 unspecified atom stereocenters. The first-order valence-corrected chi connectivity index (χ1v) is 13.8. The van der Waals surface area contributed by atoms with Crippen molar-refractivity contribution in [2.75, 3.05) is 50.9 Å². The zero-order chi connectivity index (χ0) is 28.2. The summed E-state index contributed by atoms with van der Waals surface area (Å²) >= 11 is 0. The molecule has 0 atom stereocenters. The maximum Gasteiger partial charge on any atom is 0.141 e. The van der Waals surface area contributed by atoms with E-state index in [0.717, 1.165) is 69.6 Å². The number of anilines is 2. The number of benzene rings is 2. The lowest BCUT2D eigenvalue weighted by molar-refractivity contribution is -0.109. The van der Waals surface area contributed by atoms with Crippen LogP contribution in [0.2, 0.25) is 0 Å². The molecule has 0 bridgehead atoms. The number of hydrogen-bond acceptors (Lipinski definition) is 10. The van der Waals surface area contributed by atoms with Crippen molar-refractivity contribution in [3.8, 4) is 11.5 Å². The van der Waals surface area contributed by atoms with E-state index in [1.807, 2.05) is 61.6 Å². The molecule has 1 saturated heterocycles. The van der Waals surface area contributed by atoms with E-state index in [9.17, 15) is 4.79 Å². The lowest BCUT2D eigenvalue weighted by Gasteiger charge is -2.29. The van der Waals surface area contributed by atoms with Crippen LogP contribution < -0.4 is 21.1 Å². The second-order valence-corrected chi connectivity index (χ2v) is 9.86. The molecule has 10 nitrogen and oxygen atoms in total. The largest absolute Gasteiger partial charge is 0.457 e. The first kappa shape index (κ1) is 29.1. The van der Waals surface area contributed by atoms with Crippen LogP contribution in [0, 0.1) is 5.41 Å². The van der Waals surface area contributed by atoms with Gasteiger partial charge in [0.15, 0.2) is 0 Å². The fourth-order valence-electron chi connectivity index (χ4n) is 4.82. The van der Waals surface area contributed by atoms with Crippen LogP contribution in [0.3, 0.4) is 0 Å². The highest BCUT2D eigenvalue weighted by molar-refractivity contribution is 6.16. The summed E-state index contributed by atoms with van der Waals surface area (Å²) in [6, 6.07) is 17.9. The number of aldehydes is 1. The maximum absolute atomic E-state index is 9.99. The van der Waals surface area contributed by atoms with Crippen LogP contribution >= 0.6 is 0 Å². The van der Waals surface area contributed by atoms with Crippen LogP contribution in [-0.2, 0) is 9.53 Å². The number of rotatable bonds is 9. The molecule has 40 heavy (non-hydrogen) atoms. The summed E-state index contributed by atoms with van der Waals surface area (Å²) in [5.74, 6) is 2.40. The van der Waals surface area contributed by atoms with Gasteiger partial charge in [0, 0.05) is 30.7 Å². The normalized spacial score (nSPS) is 19.1. The molecule has 5 N–H and O–H groups in total. The van der Waals surface area contributed by atoms with Gasteiger partial charge in [0.2, 0.25) is 0 Å². The minimum atomic E-state index is 0.288. The zero-order valence-corrected chi connectivity index (χ0v) is 23.0. The number of nitrogens with one attached hydrogen (secondary N) is 3. The minimum Gasteiger partial charge on any atom is -0.457 e. The summed E-state index contributed by atoms with van der Waals surface area (Å²) in [6.45, 7) is 3.91. The standard InChI is InChI=1S/C24H28N6O.C6H11NO2/c1-27-17-9-11-18(12-10-17)30-24-21(23(26)28-15-29-24)22(25)16-7-13-20(14-8-16)31-19-5-3-2-4-6-19;8-4-1-7-2-5-9-6-3-7/h2-8,13-15,17-18,25,27H,9-12H2,1H3,(H3,26,28,29,30);4H,1-3,5-6H2. The van der Waals surface area contributed by atoms with Crippen molar-refractivity contribution >= 4 is 23.6 Å². The van der Waals surface area contributed by atoms with Gasteiger partial charge in [-0.05, 0) is 69.1 Å². The van der Waals surface area contributed by atoms with E-state index in [-0.39, 0.29) is 5.71 Å². The number of nitrogen functional groups attached to an aromatic ring is 1. The Bertz CT molecular complexity index is 1210. The molecular weight excluding hydrogens is 506 g/mol. The van der Waals surface area contributed by atoms with E-state index < -0.39 is 0 Å². The molecule has 2 aromatic carbocycles. The first-order valence-electron chi connectivity index (χ1n) is 13.8. The second-order valence-electron chi connectivity index (χ2n) is 9.86. The van der Waals surface area contributed by atoms with Crippen LogP contribution in [0.1, 0.15) is 36.8 Å². The van der Waals surface area contributed by atoms with Crippen LogP contribution in [0.15, 0.2) is 60.9 Å². The Labute approximate surface area is 235 Å². The SMILES string of the molecule is CNC1CCC(Nc2ncnc(N)c2C(=N)c2ccc(Oc3ccccc3)cc2)CC1.O=CCN1CCOCC1. The van der Waals surface area contributed by atoms with Crippen LogP contribution in [0.25, 0.3) is 0 Å². The summed E-state index contributed by atoms with van der Waals surface area (Å²) in [6.07, 6.45) is 6.71. The minimum absolute atomic E-state index is 0.288. The Morgan fingerprint density at radius 3 is 2.33 bits per heavy atom. The first-order chi connectivity index (χ1) is 19.6.